The lowest BCUT2D eigenvalue weighted by Crippen LogP contribution is -2.47. The Hall–Kier alpha value is -1.47. The molecular weight excluding hydrogens is 362 g/mol. The van der Waals surface area contributed by atoms with Crippen LogP contribution in [0.2, 0.25) is 0 Å². The number of sulfonamides is 1. The topological polar surface area (TPSA) is 79.4 Å². The van der Waals surface area contributed by atoms with Crippen molar-refractivity contribution in [2.24, 2.45) is 23.7 Å². The number of hydrogen-bond donors (Lipinski definition) is 1. The largest absolute Gasteiger partial charge is 0.353 e. The van der Waals surface area contributed by atoms with Gasteiger partial charge in [0.05, 0.1) is 0 Å². The molecule has 2 bridgehead atoms. The van der Waals surface area contributed by atoms with E-state index in [2.05, 4.69) is 17.2 Å². The zero-order valence-electron chi connectivity index (χ0n) is 15.9. The second-order valence-corrected chi connectivity index (χ2v) is 10.4. The molecule has 1 aromatic rings. The summed E-state index contributed by atoms with van der Waals surface area (Å²) in [6, 6.07) is 3.42. The maximum atomic E-state index is 12.7. The van der Waals surface area contributed by atoms with Gasteiger partial charge in [-0.1, -0.05) is 6.42 Å². The highest BCUT2D eigenvalue weighted by atomic mass is 32.2. The van der Waals surface area contributed by atoms with Crippen molar-refractivity contribution in [2.75, 3.05) is 13.1 Å². The van der Waals surface area contributed by atoms with E-state index >= 15 is 0 Å². The molecule has 3 aliphatic rings. The number of carbonyl (C=O) groups excluding carboxylic acids is 1. The van der Waals surface area contributed by atoms with E-state index in [1.54, 1.807) is 18.3 Å². The molecule has 1 saturated heterocycles. The van der Waals surface area contributed by atoms with Crippen LogP contribution in [0, 0.1) is 23.7 Å². The maximum absolute atomic E-state index is 12.7. The maximum Gasteiger partial charge on any atom is 0.244 e. The van der Waals surface area contributed by atoms with E-state index < -0.39 is 10.0 Å². The molecule has 1 amide bonds. The Morgan fingerprint density at radius 2 is 2.00 bits per heavy atom. The lowest BCUT2D eigenvalue weighted by atomic mass is 9.83. The van der Waals surface area contributed by atoms with Crippen molar-refractivity contribution >= 4 is 15.9 Å². The van der Waals surface area contributed by atoms with Crippen molar-refractivity contribution < 1.29 is 13.2 Å². The minimum atomic E-state index is -3.51. The van der Waals surface area contributed by atoms with Gasteiger partial charge in [0, 0.05) is 37.4 Å². The lowest BCUT2D eigenvalue weighted by molar-refractivity contribution is -0.127. The summed E-state index contributed by atoms with van der Waals surface area (Å²) in [4.78, 5) is 16.8. The first-order chi connectivity index (χ1) is 12.9. The molecule has 6 nitrogen and oxygen atoms in total. The van der Waals surface area contributed by atoms with E-state index in [4.69, 9.17) is 0 Å². The number of amides is 1. The molecule has 7 heteroatoms. The van der Waals surface area contributed by atoms with Crippen molar-refractivity contribution in [2.45, 2.75) is 56.4 Å². The molecule has 3 fully saturated rings. The van der Waals surface area contributed by atoms with Gasteiger partial charge in [-0.25, -0.2) is 8.42 Å². The summed E-state index contributed by atoms with van der Waals surface area (Å²) in [5.41, 5.74) is 0. The van der Waals surface area contributed by atoms with Crippen LogP contribution in [0.15, 0.2) is 29.4 Å². The van der Waals surface area contributed by atoms with E-state index in [-0.39, 0.29) is 22.8 Å². The van der Waals surface area contributed by atoms with Gasteiger partial charge < -0.3 is 5.32 Å². The van der Waals surface area contributed by atoms with Gasteiger partial charge in [-0.2, -0.15) is 4.31 Å². The summed E-state index contributed by atoms with van der Waals surface area (Å²) in [6.07, 6.45) is 9.39. The summed E-state index contributed by atoms with van der Waals surface area (Å²) >= 11 is 0. The summed E-state index contributed by atoms with van der Waals surface area (Å²) < 4.78 is 26.8. The summed E-state index contributed by atoms with van der Waals surface area (Å²) in [6.45, 7) is 2.92. The Morgan fingerprint density at radius 1 is 1.22 bits per heavy atom. The monoisotopic (exact) mass is 391 g/mol. The molecule has 0 unspecified atom stereocenters. The first-order valence-electron chi connectivity index (χ1n) is 10.2. The fourth-order valence-corrected chi connectivity index (χ4v) is 6.80. The summed E-state index contributed by atoms with van der Waals surface area (Å²) in [7, 11) is -3.51. The van der Waals surface area contributed by atoms with Gasteiger partial charge in [0.15, 0.2) is 0 Å². The number of piperidine rings is 1. The molecule has 148 valence electrons. The normalized spacial score (nSPS) is 30.3. The molecule has 2 heterocycles. The van der Waals surface area contributed by atoms with Crippen molar-refractivity contribution in [3.63, 3.8) is 0 Å². The van der Waals surface area contributed by atoms with Gasteiger partial charge in [0.25, 0.3) is 0 Å². The summed E-state index contributed by atoms with van der Waals surface area (Å²) in [5.74, 6) is 2.30. The van der Waals surface area contributed by atoms with Crippen molar-refractivity contribution in [3.8, 4) is 0 Å². The van der Waals surface area contributed by atoms with Gasteiger partial charge in [-0.05, 0) is 68.9 Å². The van der Waals surface area contributed by atoms with Gasteiger partial charge in [0.1, 0.15) is 4.90 Å². The highest BCUT2D eigenvalue weighted by molar-refractivity contribution is 7.89. The Labute approximate surface area is 161 Å². The molecular formula is C20H29N3O3S. The van der Waals surface area contributed by atoms with Gasteiger partial charge in [-0.3, -0.25) is 9.78 Å². The average molecular weight is 392 g/mol. The number of aromatic nitrogens is 1. The molecule has 0 radical (unpaired) electrons. The van der Waals surface area contributed by atoms with E-state index in [0.717, 1.165) is 11.8 Å². The standard InChI is InChI=1S/C20H29N3O3S/c1-14(19-12-15-4-5-17(19)11-15)22-20(24)16-6-9-23(10-7-16)27(25,26)18-3-2-8-21-13-18/h2-3,8,13-17,19H,4-7,9-12H2,1H3,(H,22,24)/t14-,15-,17-,19+/m0/s1. The minimum Gasteiger partial charge on any atom is -0.353 e. The highest BCUT2D eigenvalue weighted by Crippen LogP contribution is 2.49. The molecule has 2 aliphatic carbocycles. The van der Waals surface area contributed by atoms with E-state index in [9.17, 15) is 13.2 Å². The summed E-state index contributed by atoms with van der Waals surface area (Å²) in [5, 5.41) is 3.24. The number of hydrogen-bond acceptors (Lipinski definition) is 4. The second-order valence-electron chi connectivity index (χ2n) is 8.50. The SMILES string of the molecule is C[C@H](NC(=O)C1CCN(S(=O)(=O)c2cccnc2)CC1)[C@H]1C[C@H]2CC[C@H]1C2. The van der Waals surface area contributed by atoms with E-state index in [1.807, 2.05) is 0 Å². The second kappa shape index (κ2) is 7.51. The third-order valence-corrected chi connectivity index (χ3v) is 8.78. The zero-order valence-corrected chi connectivity index (χ0v) is 16.7. The molecule has 4 rings (SSSR count). The number of rotatable bonds is 5. The minimum absolute atomic E-state index is 0.0913. The number of fused-ring (bicyclic) bond motifs is 2. The van der Waals surface area contributed by atoms with E-state index in [0.29, 0.717) is 31.8 Å². The molecule has 1 aliphatic heterocycles. The molecule has 1 N–H and O–H groups in total. The Kier molecular flexibility index (Phi) is 5.25. The third kappa shape index (κ3) is 3.76. The van der Waals surface area contributed by atoms with Gasteiger partial charge in [0.2, 0.25) is 15.9 Å². The van der Waals surface area contributed by atoms with Crippen LogP contribution in [-0.4, -0.2) is 42.7 Å². The number of nitrogens with zero attached hydrogens (tertiary/aromatic N) is 2. The number of carbonyl (C=O) groups is 1. The molecule has 27 heavy (non-hydrogen) atoms. The van der Waals surface area contributed by atoms with E-state index in [1.165, 1.54) is 36.2 Å². The third-order valence-electron chi connectivity index (χ3n) is 6.90. The predicted molar refractivity (Wildman–Crippen MR) is 102 cm³/mol. The van der Waals surface area contributed by atoms with Crippen molar-refractivity contribution in [1.29, 1.82) is 0 Å². The van der Waals surface area contributed by atoms with Gasteiger partial charge >= 0.3 is 0 Å². The van der Waals surface area contributed by atoms with Crippen LogP contribution >= 0.6 is 0 Å². The molecule has 0 spiro atoms. The molecule has 1 aromatic heterocycles. The van der Waals surface area contributed by atoms with Crippen molar-refractivity contribution in [3.05, 3.63) is 24.5 Å². The predicted octanol–water partition coefficient (Wildman–Crippen LogP) is 2.42. The number of nitrogens with one attached hydrogen (secondary N) is 1. The smallest absolute Gasteiger partial charge is 0.244 e. The van der Waals surface area contributed by atoms with Crippen LogP contribution in [0.25, 0.3) is 0 Å². The zero-order chi connectivity index (χ0) is 19.0. The highest BCUT2D eigenvalue weighted by Gasteiger charge is 2.42. The lowest BCUT2D eigenvalue weighted by Gasteiger charge is -2.33. The number of pyridine rings is 1. The Morgan fingerprint density at radius 3 is 2.59 bits per heavy atom. The Bertz CT molecular complexity index is 775. The van der Waals surface area contributed by atoms with Crippen LogP contribution in [-0.2, 0) is 14.8 Å². The first-order valence-corrected chi connectivity index (χ1v) is 11.6. The quantitative estimate of drug-likeness (QED) is 0.836. The van der Waals surface area contributed by atoms with Gasteiger partial charge in [-0.15, -0.1) is 0 Å². The van der Waals surface area contributed by atoms with Crippen LogP contribution in [0.5, 0.6) is 0 Å². The molecule has 0 aromatic carbocycles. The average Bonchev–Trinajstić information content (AvgIpc) is 3.32. The van der Waals surface area contributed by atoms with Crippen LogP contribution < -0.4 is 5.32 Å². The van der Waals surface area contributed by atoms with Crippen LogP contribution in [0.3, 0.4) is 0 Å². The molecule has 2 saturated carbocycles. The first kappa shape index (κ1) is 18.9. The van der Waals surface area contributed by atoms with Crippen molar-refractivity contribution in [1.82, 2.24) is 14.6 Å². The van der Waals surface area contributed by atoms with Crippen LogP contribution in [0.4, 0.5) is 0 Å². The fourth-order valence-electron chi connectivity index (χ4n) is 5.36. The Balaban J connectivity index is 1.30. The molecule has 4 atom stereocenters. The fraction of sp³-hybridized carbons (Fsp3) is 0.700. The van der Waals surface area contributed by atoms with Crippen LogP contribution in [0.1, 0.15) is 45.4 Å².